The van der Waals surface area contributed by atoms with Crippen LogP contribution in [0.15, 0.2) is 97.1 Å². The number of para-hydroxylation sites is 2. The summed E-state index contributed by atoms with van der Waals surface area (Å²) in [6.45, 7) is 6.96. The van der Waals surface area contributed by atoms with Crippen LogP contribution in [0.1, 0.15) is 26.3 Å². The van der Waals surface area contributed by atoms with Gasteiger partial charge in [0.05, 0.1) is 11.0 Å². The summed E-state index contributed by atoms with van der Waals surface area (Å²) in [6, 6.07) is 35.5. The summed E-state index contributed by atoms with van der Waals surface area (Å²) in [6.07, 6.45) is 0. The average molecular weight is 456 g/mol. The molecule has 0 aliphatic heterocycles. The van der Waals surface area contributed by atoms with Gasteiger partial charge >= 0.3 is 0 Å². The van der Waals surface area contributed by atoms with Crippen molar-refractivity contribution in [1.82, 2.24) is 4.57 Å². The Labute approximate surface area is 202 Å². The van der Waals surface area contributed by atoms with Crippen molar-refractivity contribution >= 4 is 64.1 Å². The summed E-state index contributed by atoms with van der Waals surface area (Å²) in [7, 11) is 0. The summed E-state index contributed by atoms with van der Waals surface area (Å²) >= 11 is 1.96. The van der Waals surface area contributed by atoms with Crippen molar-refractivity contribution in [2.45, 2.75) is 26.2 Å². The van der Waals surface area contributed by atoms with Crippen molar-refractivity contribution in [2.24, 2.45) is 0 Å². The number of aromatic nitrogens is 1. The molecule has 0 aliphatic carbocycles. The molecule has 0 spiro atoms. The Hall–Kier alpha value is -3.62. The molecule has 0 saturated heterocycles. The Bertz CT molecular complexity index is 1880. The molecule has 0 aliphatic rings. The fraction of sp³-hybridized carbons (Fsp3) is 0.125. The maximum atomic E-state index is 2.48. The minimum absolute atomic E-state index is 0.0848. The zero-order valence-corrected chi connectivity index (χ0v) is 20.4. The predicted octanol–water partition coefficient (Wildman–Crippen LogP) is 9.60. The molecule has 0 amide bonds. The van der Waals surface area contributed by atoms with Crippen LogP contribution in [0.25, 0.3) is 58.4 Å². The molecule has 1 nitrogen and oxygen atoms in total. The van der Waals surface area contributed by atoms with E-state index in [9.17, 15) is 0 Å². The third-order valence-electron chi connectivity index (χ3n) is 7.09. The number of benzene rings is 5. The number of nitrogens with zero attached hydrogens (tertiary/aromatic N) is 1. The topological polar surface area (TPSA) is 4.93 Å². The molecule has 164 valence electrons. The lowest BCUT2D eigenvalue weighted by molar-refractivity contribution is 0.597. The Morgan fingerprint density at radius 3 is 1.97 bits per heavy atom. The van der Waals surface area contributed by atoms with Crippen LogP contribution in [0.4, 0.5) is 0 Å². The molecule has 5 aromatic carbocycles. The van der Waals surface area contributed by atoms with Crippen molar-refractivity contribution in [3.8, 4) is 5.69 Å². The highest BCUT2D eigenvalue weighted by atomic mass is 32.1. The van der Waals surface area contributed by atoms with E-state index < -0.39 is 0 Å². The van der Waals surface area contributed by atoms with Gasteiger partial charge in [-0.15, -0.1) is 11.3 Å². The molecule has 7 aromatic rings. The van der Waals surface area contributed by atoms with Gasteiger partial charge in [-0.1, -0.05) is 99.6 Å². The van der Waals surface area contributed by atoms with E-state index in [2.05, 4.69) is 122 Å². The van der Waals surface area contributed by atoms with Gasteiger partial charge in [-0.2, -0.15) is 0 Å². The largest absolute Gasteiger partial charge is 0.309 e. The highest BCUT2D eigenvalue weighted by molar-refractivity contribution is 7.27. The van der Waals surface area contributed by atoms with Gasteiger partial charge in [0.2, 0.25) is 0 Å². The quantitative estimate of drug-likeness (QED) is 0.232. The van der Waals surface area contributed by atoms with Crippen LogP contribution in [0.3, 0.4) is 0 Å². The van der Waals surface area contributed by atoms with Gasteiger partial charge in [-0.05, 0) is 34.6 Å². The van der Waals surface area contributed by atoms with E-state index in [0.717, 1.165) is 0 Å². The van der Waals surface area contributed by atoms with Crippen molar-refractivity contribution in [3.63, 3.8) is 0 Å². The number of hydrogen-bond donors (Lipinski definition) is 0. The second-order valence-corrected chi connectivity index (χ2v) is 11.2. The van der Waals surface area contributed by atoms with Crippen molar-refractivity contribution in [3.05, 3.63) is 103 Å². The molecule has 0 N–H and O–H groups in total. The van der Waals surface area contributed by atoms with E-state index in [-0.39, 0.29) is 5.41 Å². The molecule has 34 heavy (non-hydrogen) atoms. The monoisotopic (exact) mass is 455 g/mol. The molecule has 0 unspecified atom stereocenters. The molecular formula is C32H25NS. The first-order chi connectivity index (χ1) is 16.5. The van der Waals surface area contributed by atoms with E-state index in [4.69, 9.17) is 0 Å². The van der Waals surface area contributed by atoms with Crippen molar-refractivity contribution in [2.75, 3.05) is 0 Å². The lowest BCUT2D eigenvalue weighted by Crippen LogP contribution is -2.10. The van der Waals surface area contributed by atoms with Crippen LogP contribution >= 0.6 is 11.3 Å². The molecule has 0 fully saturated rings. The Morgan fingerprint density at radius 2 is 1.21 bits per heavy atom. The van der Waals surface area contributed by atoms with E-state index in [0.29, 0.717) is 0 Å². The van der Waals surface area contributed by atoms with Gasteiger partial charge < -0.3 is 4.57 Å². The number of thiophene rings is 1. The second-order valence-electron chi connectivity index (χ2n) is 10.2. The molecule has 7 rings (SSSR count). The lowest BCUT2D eigenvalue weighted by Gasteiger charge is -2.19. The lowest BCUT2D eigenvalue weighted by atomic mass is 9.86. The first kappa shape index (κ1) is 19.8. The van der Waals surface area contributed by atoms with Crippen LogP contribution in [0.2, 0.25) is 0 Å². The van der Waals surface area contributed by atoms with Crippen LogP contribution in [-0.2, 0) is 5.41 Å². The van der Waals surface area contributed by atoms with Gasteiger partial charge in [0.15, 0.2) is 0 Å². The molecular weight excluding hydrogens is 430 g/mol. The molecule has 0 bridgehead atoms. The maximum Gasteiger partial charge on any atom is 0.0640 e. The van der Waals surface area contributed by atoms with Gasteiger partial charge in [-0.3, -0.25) is 0 Å². The number of rotatable bonds is 1. The highest BCUT2D eigenvalue weighted by Crippen LogP contribution is 2.49. The Kier molecular flexibility index (Phi) is 4.05. The van der Waals surface area contributed by atoms with E-state index >= 15 is 0 Å². The summed E-state index contributed by atoms with van der Waals surface area (Å²) in [5.41, 5.74) is 5.29. The molecule has 2 aromatic heterocycles. The minimum atomic E-state index is 0.0848. The van der Waals surface area contributed by atoms with Gasteiger partial charge in [-0.25, -0.2) is 0 Å². The standard InChI is InChI=1S/C32H25NS/c1-32(2,3)25-18-11-17-24-28-29-27(21-14-7-8-15-22(21)31(28)34-30(24)25)23-16-9-10-19-26(23)33(29)20-12-5-4-6-13-20/h4-19H,1-3H3. The summed E-state index contributed by atoms with van der Waals surface area (Å²) in [5.74, 6) is 0. The zero-order chi connectivity index (χ0) is 23.0. The van der Waals surface area contributed by atoms with Crippen LogP contribution in [0.5, 0.6) is 0 Å². The van der Waals surface area contributed by atoms with Gasteiger partial charge in [0.1, 0.15) is 0 Å². The van der Waals surface area contributed by atoms with Gasteiger partial charge in [0.25, 0.3) is 0 Å². The fourth-order valence-corrected chi connectivity index (χ4v) is 7.19. The predicted molar refractivity (Wildman–Crippen MR) is 150 cm³/mol. The summed E-state index contributed by atoms with van der Waals surface area (Å²) < 4.78 is 5.28. The number of hydrogen-bond acceptors (Lipinski definition) is 1. The van der Waals surface area contributed by atoms with Crippen LogP contribution < -0.4 is 0 Å². The molecule has 0 atom stereocenters. The molecule has 2 heterocycles. The van der Waals surface area contributed by atoms with E-state index in [1.54, 1.807) is 0 Å². The minimum Gasteiger partial charge on any atom is -0.309 e. The summed E-state index contributed by atoms with van der Waals surface area (Å²) in [5, 5.41) is 8.08. The Balaban J connectivity index is 1.86. The molecule has 0 saturated carbocycles. The third kappa shape index (κ3) is 2.60. The fourth-order valence-electron chi connectivity index (χ4n) is 5.63. The van der Waals surface area contributed by atoms with E-state index in [1.165, 1.54) is 64.0 Å². The first-order valence-corrected chi connectivity index (χ1v) is 12.7. The normalized spacial score (nSPS) is 12.6. The smallest absolute Gasteiger partial charge is 0.0640 e. The SMILES string of the molecule is CC(C)(C)c1cccc2c1sc1c3ccccc3c3c4ccccc4n(-c4ccccc4)c3c21. The average Bonchev–Trinajstić information content (AvgIpc) is 3.40. The van der Waals surface area contributed by atoms with Crippen molar-refractivity contribution in [1.29, 1.82) is 0 Å². The van der Waals surface area contributed by atoms with E-state index in [1.807, 2.05) is 11.3 Å². The van der Waals surface area contributed by atoms with Gasteiger partial charge in [0, 0.05) is 42.0 Å². The highest BCUT2D eigenvalue weighted by Gasteiger charge is 2.24. The van der Waals surface area contributed by atoms with Crippen LogP contribution in [0, 0.1) is 0 Å². The number of fused-ring (bicyclic) bond motifs is 10. The molecule has 0 radical (unpaired) electrons. The summed E-state index contributed by atoms with van der Waals surface area (Å²) in [4.78, 5) is 0. The first-order valence-electron chi connectivity index (χ1n) is 11.9. The Morgan fingerprint density at radius 1 is 0.559 bits per heavy atom. The zero-order valence-electron chi connectivity index (χ0n) is 19.6. The third-order valence-corrected chi connectivity index (χ3v) is 8.36. The maximum absolute atomic E-state index is 2.48. The van der Waals surface area contributed by atoms with Crippen molar-refractivity contribution < 1.29 is 0 Å². The van der Waals surface area contributed by atoms with Crippen LogP contribution in [-0.4, -0.2) is 4.57 Å². The second kappa shape index (κ2) is 6.94. The molecule has 2 heteroatoms.